The van der Waals surface area contributed by atoms with Gasteiger partial charge in [0.05, 0.1) is 16.5 Å². The Morgan fingerprint density at radius 3 is 2.56 bits per heavy atom. The Labute approximate surface area is 159 Å². The van der Waals surface area contributed by atoms with Crippen LogP contribution in [0.25, 0.3) is 10.2 Å². The van der Waals surface area contributed by atoms with Crippen LogP contribution in [0.4, 0.5) is 13.2 Å². The molecule has 2 aromatic rings. The maximum atomic E-state index is 13.0. The van der Waals surface area contributed by atoms with Crippen molar-refractivity contribution in [2.45, 2.75) is 70.5 Å². The Morgan fingerprint density at radius 2 is 1.89 bits per heavy atom. The first-order valence-electron chi connectivity index (χ1n) is 9.39. The van der Waals surface area contributed by atoms with Crippen molar-refractivity contribution in [3.05, 3.63) is 22.0 Å². The summed E-state index contributed by atoms with van der Waals surface area (Å²) < 4.78 is 39.0. The second kappa shape index (κ2) is 6.72. The summed E-state index contributed by atoms with van der Waals surface area (Å²) in [5.41, 5.74) is 1.68. The third-order valence-electron chi connectivity index (χ3n) is 5.61. The molecule has 0 aromatic carbocycles. The Hall–Kier alpha value is -1.70. The topological polar surface area (TPSA) is 54.9 Å². The van der Waals surface area contributed by atoms with Gasteiger partial charge in [-0.15, -0.1) is 11.3 Å². The summed E-state index contributed by atoms with van der Waals surface area (Å²) in [5.74, 6) is -0.354. The van der Waals surface area contributed by atoms with E-state index in [1.165, 1.54) is 11.3 Å². The number of aromatic nitrogens is 2. The number of alkyl halides is 3. The van der Waals surface area contributed by atoms with Crippen LogP contribution < -0.4 is 5.32 Å². The van der Waals surface area contributed by atoms with Gasteiger partial charge < -0.3 is 5.32 Å². The Bertz CT molecular complexity index is 888. The summed E-state index contributed by atoms with van der Waals surface area (Å²) >= 11 is 1.32. The van der Waals surface area contributed by atoms with Gasteiger partial charge in [0.2, 0.25) is 0 Å². The number of amides is 1. The van der Waals surface area contributed by atoms with Gasteiger partial charge >= 0.3 is 6.18 Å². The van der Waals surface area contributed by atoms with E-state index in [2.05, 4.69) is 15.3 Å². The zero-order valence-corrected chi connectivity index (χ0v) is 16.1. The number of fused-ring (bicyclic) bond motifs is 1. The quantitative estimate of drug-likeness (QED) is 0.790. The van der Waals surface area contributed by atoms with Crippen LogP contribution in [0.5, 0.6) is 0 Å². The van der Waals surface area contributed by atoms with Gasteiger partial charge in [0.1, 0.15) is 10.7 Å². The SMILES string of the molecule is Cc1nc(C2CC2)nc2sc(C(=O)NC3CCCC(C(F)(F)F)C3)c(C)c12. The van der Waals surface area contributed by atoms with Crippen molar-refractivity contribution >= 4 is 27.5 Å². The van der Waals surface area contributed by atoms with Gasteiger partial charge in [-0.05, 0) is 51.5 Å². The Balaban J connectivity index is 1.56. The van der Waals surface area contributed by atoms with Crippen molar-refractivity contribution in [2.75, 3.05) is 0 Å². The minimum Gasteiger partial charge on any atom is -0.349 e. The molecule has 2 saturated carbocycles. The van der Waals surface area contributed by atoms with Gasteiger partial charge in [-0.3, -0.25) is 4.79 Å². The number of nitrogens with zero attached hydrogens (tertiary/aromatic N) is 2. The number of thiophene rings is 1. The highest BCUT2D eigenvalue weighted by molar-refractivity contribution is 7.20. The molecule has 0 spiro atoms. The van der Waals surface area contributed by atoms with Gasteiger partial charge in [0.15, 0.2) is 0 Å². The average molecular weight is 397 g/mol. The number of hydrogen-bond donors (Lipinski definition) is 1. The molecule has 2 heterocycles. The second-order valence-electron chi connectivity index (χ2n) is 7.75. The molecule has 4 rings (SSSR count). The summed E-state index contributed by atoms with van der Waals surface area (Å²) in [5, 5.41) is 3.73. The zero-order chi connectivity index (χ0) is 19.3. The smallest absolute Gasteiger partial charge is 0.349 e. The minimum atomic E-state index is -4.19. The number of carbonyl (C=O) groups excluding carboxylic acids is 1. The summed E-state index contributed by atoms with van der Waals surface area (Å²) in [7, 11) is 0. The van der Waals surface area contributed by atoms with Crippen LogP contribution in [0.1, 0.15) is 71.2 Å². The van der Waals surface area contributed by atoms with Crippen molar-refractivity contribution in [1.82, 2.24) is 15.3 Å². The summed E-state index contributed by atoms with van der Waals surface area (Å²) in [4.78, 5) is 23.3. The van der Waals surface area contributed by atoms with E-state index in [4.69, 9.17) is 0 Å². The lowest BCUT2D eigenvalue weighted by Crippen LogP contribution is -2.41. The van der Waals surface area contributed by atoms with Crippen LogP contribution in [-0.4, -0.2) is 28.1 Å². The van der Waals surface area contributed by atoms with Crippen molar-refractivity contribution in [3.63, 3.8) is 0 Å². The molecule has 27 heavy (non-hydrogen) atoms. The lowest BCUT2D eigenvalue weighted by atomic mass is 9.85. The number of hydrogen-bond acceptors (Lipinski definition) is 4. The fourth-order valence-electron chi connectivity index (χ4n) is 3.97. The fraction of sp³-hybridized carbons (Fsp3) is 0.632. The Morgan fingerprint density at radius 1 is 1.15 bits per heavy atom. The standard InChI is InChI=1S/C19H22F3N3OS/c1-9-14-10(2)23-16(11-6-7-11)25-18(14)27-15(9)17(26)24-13-5-3-4-12(8-13)19(20,21)22/h11-13H,3-8H2,1-2H3,(H,24,26). The van der Waals surface area contributed by atoms with E-state index in [1.54, 1.807) is 0 Å². The van der Waals surface area contributed by atoms with Gasteiger partial charge in [0.25, 0.3) is 5.91 Å². The molecule has 0 aliphatic heterocycles. The third kappa shape index (κ3) is 3.68. The molecule has 0 bridgehead atoms. The molecule has 2 aromatic heterocycles. The number of halogens is 3. The molecule has 2 fully saturated rings. The zero-order valence-electron chi connectivity index (χ0n) is 15.3. The van der Waals surface area contributed by atoms with Crippen molar-refractivity contribution < 1.29 is 18.0 Å². The largest absolute Gasteiger partial charge is 0.391 e. The highest BCUT2D eigenvalue weighted by Gasteiger charge is 2.42. The van der Waals surface area contributed by atoms with E-state index in [0.29, 0.717) is 23.6 Å². The average Bonchev–Trinajstić information content (AvgIpc) is 3.38. The minimum absolute atomic E-state index is 0.0379. The summed E-state index contributed by atoms with van der Waals surface area (Å²) in [6, 6.07) is -0.434. The normalized spacial score (nSPS) is 23.6. The number of carbonyl (C=O) groups is 1. The monoisotopic (exact) mass is 397 g/mol. The fourth-order valence-corrected chi connectivity index (χ4v) is 5.11. The molecular weight excluding hydrogens is 375 g/mol. The molecule has 1 N–H and O–H groups in total. The highest BCUT2D eigenvalue weighted by Crippen LogP contribution is 2.41. The second-order valence-corrected chi connectivity index (χ2v) is 8.75. The molecule has 2 aliphatic carbocycles. The van der Waals surface area contributed by atoms with E-state index in [1.807, 2.05) is 13.8 Å². The van der Waals surface area contributed by atoms with Gasteiger partial charge in [-0.2, -0.15) is 13.2 Å². The number of rotatable bonds is 3. The number of nitrogens with one attached hydrogen (secondary N) is 1. The Kier molecular flexibility index (Phi) is 4.64. The number of aryl methyl sites for hydroxylation is 2. The van der Waals surface area contributed by atoms with Crippen LogP contribution in [-0.2, 0) is 0 Å². The highest BCUT2D eigenvalue weighted by atomic mass is 32.1. The van der Waals surface area contributed by atoms with Crippen molar-refractivity contribution in [3.8, 4) is 0 Å². The molecule has 8 heteroatoms. The van der Waals surface area contributed by atoms with Crippen LogP contribution in [0.15, 0.2) is 0 Å². The molecule has 0 saturated heterocycles. The first kappa shape index (κ1) is 18.7. The van der Waals surface area contributed by atoms with E-state index in [0.717, 1.165) is 40.1 Å². The van der Waals surface area contributed by atoms with Crippen LogP contribution >= 0.6 is 11.3 Å². The van der Waals surface area contributed by atoms with Gasteiger partial charge in [0, 0.05) is 17.3 Å². The first-order valence-corrected chi connectivity index (χ1v) is 10.2. The predicted octanol–water partition coefficient (Wildman–Crippen LogP) is 5.04. The summed E-state index contributed by atoms with van der Waals surface area (Å²) in [6.45, 7) is 3.78. The van der Waals surface area contributed by atoms with Crippen LogP contribution in [0.2, 0.25) is 0 Å². The van der Waals surface area contributed by atoms with Gasteiger partial charge in [-0.1, -0.05) is 6.42 Å². The maximum Gasteiger partial charge on any atom is 0.391 e. The molecule has 2 aliphatic rings. The van der Waals surface area contributed by atoms with E-state index < -0.39 is 18.1 Å². The molecule has 0 radical (unpaired) electrons. The molecular formula is C19H22F3N3OS. The molecule has 4 nitrogen and oxygen atoms in total. The van der Waals surface area contributed by atoms with E-state index >= 15 is 0 Å². The summed E-state index contributed by atoms with van der Waals surface area (Å²) in [6.07, 6.45) is -0.804. The lowest BCUT2D eigenvalue weighted by Gasteiger charge is -2.30. The molecule has 2 unspecified atom stereocenters. The molecule has 1 amide bonds. The third-order valence-corrected chi connectivity index (χ3v) is 6.79. The first-order chi connectivity index (χ1) is 12.7. The van der Waals surface area contributed by atoms with Gasteiger partial charge in [-0.25, -0.2) is 9.97 Å². The van der Waals surface area contributed by atoms with Crippen molar-refractivity contribution in [1.29, 1.82) is 0 Å². The van der Waals surface area contributed by atoms with Crippen LogP contribution in [0, 0.1) is 19.8 Å². The lowest BCUT2D eigenvalue weighted by molar-refractivity contribution is -0.183. The van der Waals surface area contributed by atoms with E-state index in [9.17, 15) is 18.0 Å². The van der Waals surface area contributed by atoms with Crippen molar-refractivity contribution in [2.24, 2.45) is 5.92 Å². The van der Waals surface area contributed by atoms with E-state index in [-0.39, 0.29) is 18.7 Å². The molecule has 2 atom stereocenters. The molecule has 146 valence electrons. The van der Waals surface area contributed by atoms with Crippen LogP contribution in [0.3, 0.4) is 0 Å². The predicted molar refractivity (Wildman–Crippen MR) is 98.1 cm³/mol. The maximum absolute atomic E-state index is 13.0.